The lowest BCUT2D eigenvalue weighted by Gasteiger charge is -2.39. The van der Waals surface area contributed by atoms with Gasteiger partial charge in [0.15, 0.2) is 0 Å². The number of anilines is 1. The number of hydrogen-bond donors (Lipinski definition) is 1. The predicted octanol–water partition coefficient (Wildman–Crippen LogP) is 3.07. The summed E-state index contributed by atoms with van der Waals surface area (Å²) in [4.78, 5) is 27.1. The van der Waals surface area contributed by atoms with E-state index < -0.39 is 12.1 Å². The molecule has 2 fully saturated rings. The van der Waals surface area contributed by atoms with E-state index in [4.69, 9.17) is 14.6 Å². The van der Waals surface area contributed by atoms with Crippen molar-refractivity contribution in [2.75, 3.05) is 38.3 Å². The first-order valence-corrected chi connectivity index (χ1v) is 11.0. The number of halogens is 3. The molecule has 2 aliphatic heterocycles. The van der Waals surface area contributed by atoms with Crippen molar-refractivity contribution in [3.05, 3.63) is 35.0 Å². The van der Waals surface area contributed by atoms with Crippen LogP contribution in [-0.4, -0.2) is 76.5 Å². The van der Waals surface area contributed by atoms with E-state index in [0.717, 1.165) is 38.7 Å². The molecule has 0 amide bonds. The van der Waals surface area contributed by atoms with Gasteiger partial charge in [0.25, 0.3) is 0 Å². The first-order valence-electron chi connectivity index (χ1n) is 10.2. The van der Waals surface area contributed by atoms with Crippen LogP contribution in [0.25, 0.3) is 0 Å². The Kier molecular flexibility index (Phi) is 8.01. The molecule has 1 N–H and O–H groups in total. The number of methoxy groups -OCH3 is 1. The van der Waals surface area contributed by atoms with Gasteiger partial charge < -0.3 is 14.7 Å². The third kappa shape index (κ3) is 6.36. The number of nitrogens with zero attached hydrogens (tertiary/aromatic N) is 5. The fourth-order valence-electron chi connectivity index (χ4n) is 4.30. The molecule has 1 atom stereocenters. The monoisotopic (exact) mass is 473 g/mol. The molecule has 12 heteroatoms. The first-order chi connectivity index (χ1) is 15.2. The zero-order valence-corrected chi connectivity index (χ0v) is 18.5. The van der Waals surface area contributed by atoms with Crippen molar-refractivity contribution >= 4 is 23.3 Å². The van der Waals surface area contributed by atoms with Crippen LogP contribution in [0.5, 0.6) is 0 Å². The summed E-state index contributed by atoms with van der Waals surface area (Å²) in [7, 11) is 1.81. The van der Waals surface area contributed by atoms with Crippen molar-refractivity contribution in [1.82, 2.24) is 19.9 Å². The van der Waals surface area contributed by atoms with E-state index >= 15 is 0 Å². The standard InChI is InChI=1S/C18H25N5OS.C2HF3O2/c1-24-13-15-11-18(14-23(15)12-16-19-7-10-25-16)3-8-22(9-4-18)17-20-5-2-6-21-17;3-2(4,5)1(6)7/h2,5-7,10,15H,3-4,8-9,11-14H2,1H3;(H,6,7). The van der Waals surface area contributed by atoms with Crippen LogP contribution in [0.3, 0.4) is 0 Å². The number of ether oxygens (including phenoxy) is 1. The molecule has 2 saturated heterocycles. The number of carbonyl (C=O) groups is 1. The highest BCUT2D eigenvalue weighted by Gasteiger charge is 2.45. The van der Waals surface area contributed by atoms with Crippen LogP contribution in [0.1, 0.15) is 24.3 Å². The second-order valence-electron chi connectivity index (χ2n) is 7.98. The van der Waals surface area contributed by atoms with Crippen LogP contribution in [0.15, 0.2) is 30.0 Å². The molecule has 176 valence electrons. The van der Waals surface area contributed by atoms with Gasteiger partial charge in [-0.3, -0.25) is 4.90 Å². The topological polar surface area (TPSA) is 91.7 Å². The average Bonchev–Trinajstić information content (AvgIpc) is 3.38. The highest BCUT2D eigenvalue weighted by atomic mass is 32.1. The number of carboxylic acids is 1. The van der Waals surface area contributed by atoms with Gasteiger partial charge in [0.2, 0.25) is 5.95 Å². The zero-order valence-electron chi connectivity index (χ0n) is 17.7. The van der Waals surface area contributed by atoms with Gasteiger partial charge >= 0.3 is 12.1 Å². The zero-order chi connectivity index (χ0) is 23.2. The van der Waals surface area contributed by atoms with Crippen LogP contribution in [0.4, 0.5) is 19.1 Å². The second-order valence-corrected chi connectivity index (χ2v) is 8.96. The summed E-state index contributed by atoms with van der Waals surface area (Å²) in [5, 5.41) is 10.4. The lowest BCUT2D eigenvalue weighted by atomic mass is 9.76. The van der Waals surface area contributed by atoms with Gasteiger partial charge in [0.05, 0.1) is 13.2 Å². The fourth-order valence-corrected chi connectivity index (χ4v) is 4.94. The normalized spacial score (nSPS) is 20.8. The number of carboxylic acid groups (broad SMARTS) is 1. The predicted molar refractivity (Wildman–Crippen MR) is 112 cm³/mol. The highest BCUT2D eigenvalue weighted by molar-refractivity contribution is 7.09. The molecule has 1 spiro atoms. The van der Waals surface area contributed by atoms with E-state index in [1.54, 1.807) is 11.3 Å². The van der Waals surface area contributed by atoms with Crippen molar-refractivity contribution in [2.24, 2.45) is 5.41 Å². The molecule has 32 heavy (non-hydrogen) atoms. The van der Waals surface area contributed by atoms with Crippen LogP contribution in [0, 0.1) is 5.41 Å². The van der Waals surface area contributed by atoms with Crippen LogP contribution < -0.4 is 4.90 Å². The van der Waals surface area contributed by atoms with Crippen LogP contribution >= 0.6 is 11.3 Å². The van der Waals surface area contributed by atoms with E-state index in [0.29, 0.717) is 11.5 Å². The van der Waals surface area contributed by atoms with E-state index in [2.05, 4.69) is 30.1 Å². The molecule has 2 aliphatic rings. The molecule has 0 saturated carbocycles. The molecular formula is C20H26F3N5O3S. The van der Waals surface area contributed by atoms with Crippen LogP contribution in [-0.2, 0) is 16.1 Å². The minimum Gasteiger partial charge on any atom is -0.475 e. The maximum absolute atomic E-state index is 10.6. The summed E-state index contributed by atoms with van der Waals surface area (Å²) in [5.41, 5.74) is 0.395. The Morgan fingerprint density at radius 3 is 2.44 bits per heavy atom. The van der Waals surface area contributed by atoms with Gasteiger partial charge in [-0.05, 0) is 30.7 Å². The second kappa shape index (κ2) is 10.5. The largest absolute Gasteiger partial charge is 0.490 e. The first kappa shape index (κ1) is 24.3. The number of aliphatic carboxylic acids is 1. The summed E-state index contributed by atoms with van der Waals surface area (Å²) < 4.78 is 37.2. The number of aromatic nitrogens is 3. The Bertz CT molecular complexity index is 846. The van der Waals surface area contributed by atoms with Gasteiger partial charge in [-0.1, -0.05) is 0 Å². The molecule has 0 bridgehead atoms. The molecular weight excluding hydrogens is 447 g/mol. The maximum atomic E-state index is 10.6. The van der Waals surface area contributed by atoms with Crippen molar-refractivity contribution in [3.63, 3.8) is 0 Å². The average molecular weight is 474 g/mol. The number of thiazole rings is 1. The Morgan fingerprint density at radius 1 is 1.25 bits per heavy atom. The number of rotatable bonds is 5. The molecule has 4 rings (SSSR count). The molecule has 0 aliphatic carbocycles. The van der Waals surface area contributed by atoms with E-state index in [-0.39, 0.29) is 0 Å². The fraction of sp³-hybridized carbons (Fsp3) is 0.600. The number of hydrogen-bond acceptors (Lipinski definition) is 8. The minimum atomic E-state index is -5.08. The molecule has 1 unspecified atom stereocenters. The molecule has 0 aromatic carbocycles. The quantitative estimate of drug-likeness (QED) is 0.709. The third-order valence-electron chi connectivity index (χ3n) is 5.81. The summed E-state index contributed by atoms with van der Waals surface area (Å²) in [5.74, 6) is -1.89. The molecule has 0 radical (unpaired) electrons. The lowest BCUT2D eigenvalue weighted by molar-refractivity contribution is -0.192. The Balaban J connectivity index is 0.000000360. The Morgan fingerprint density at radius 2 is 1.91 bits per heavy atom. The number of piperidine rings is 1. The van der Waals surface area contributed by atoms with E-state index in [1.807, 2.05) is 31.8 Å². The summed E-state index contributed by atoms with van der Waals surface area (Å²) in [6.07, 6.45) is 4.07. The van der Waals surface area contributed by atoms with Gasteiger partial charge in [-0.2, -0.15) is 13.2 Å². The van der Waals surface area contributed by atoms with Gasteiger partial charge in [-0.15, -0.1) is 11.3 Å². The van der Waals surface area contributed by atoms with E-state index in [9.17, 15) is 13.2 Å². The van der Waals surface area contributed by atoms with Gasteiger partial charge in [0, 0.05) is 56.8 Å². The molecule has 2 aromatic rings. The minimum absolute atomic E-state index is 0.395. The van der Waals surface area contributed by atoms with Gasteiger partial charge in [-0.25, -0.2) is 19.7 Å². The molecule has 8 nitrogen and oxygen atoms in total. The summed E-state index contributed by atoms with van der Waals surface area (Å²) in [6.45, 7) is 4.96. The number of likely N-dealkylation sites (tertiary alicyclic amines) is 1. The van der Waals surface area contributed by atoms with Crippen LogP contribution in [0.2, 0.25) is 0 Å². The smallest absolute Gasteiger partial charge is 0.475 e. The van der Waals surface area contributed by atoms with Crippen molar-refractivity contribution in [1.29, 1.82) is 0 Å². The SMILES string of the molecule is COCC1CC2(CCN(c3ncccn3)CC2)CN1Cc1nccs1.O=C(O)C(F)(F)F. The molecule has 2 aromatic heterocycles. The maximum Gasteiger partial charge on any atom is 0.490 e. The van der Waals surface area contributed by atoms with Crippen molar-refractivity contribution < 1.29 is 27.8 Å². The highest BCUT2D eigenvalue weighted by Crippen LogP contribution is 2.44. The third-order valence-corrected chi connectivity index (χ3v) is 6.57. The van der Waals surface area contributed by atoms with Crippen molar-refractivity contribution in [3.8, 4) is 0 Å². The Hall–Kier alpha value is -2.31. The van der Waals surface area contributed by atoms with Gasteiger partial charge in [0.1, 0.15) is 5.01 Å². The summed E-state index contributed by atoms with van der Waals surface area (Å²) in [6, 6.07) is 2.37. The van der Waals surface area contributed by atoms with Crippen molar-refractivity contribution in [2.45, 2.75) is 38.0 Å². The number of alkyl halides is 3. The Labute approximate surface area is 188 Å². The molecule has 4 heterocycles. The van der Waals surface area contributed by atoms with E-state index in [1.165, 1.54) is 24.3 Å². The summed E-state index contributed by atoms with van der Waals surface area (Å²) >= 11 is 1.74. The lowest BCUT2D eigenvalue weighted by Crippen LogP contribution is -2.42.